The third-order valence-electron chi connectivity index (χ3n) is 14.5. The van der Waals surface area contributed by atoms with Gasteiger partial charge >= 0.3 is 19.3 Å². The molecular formula is C62H68BBrCl2N10O10S2. The summed E-state index contributed by atoms with van der Waals surface area (Å²) in [6.45, 7) is 21.6. The molecule has 88 heavy (non-hydrogen) atoms. The van der Waals surface area contributed by atoms with Gasteiger partial charge in [0, 0.05) is 75.6 Å². The van der Waals surface area contributed by atoms with Crippen molar-refractivity contribution in [2.24, 2.45) is 0 Å². The molecule has 1 saturated heterocycles. The molecular weight excluding hydrogens is 1270 g/mol. The van der Waals surface area contributed by atoms with Crippen LogP contribution in [0.25, 0.3) is 39.1 Å². The molecule has 0 spiro atoms. The normalized spacial score (nSPS) is 15.9. The molecule has 11 rings (SSSR count). The predicted octanol–water partition coefficient (Wildman–Crippen LogP) is 13.7. The highest BCUT2D eigenvalue weighted by Gasteiger charge is 2.52. The summed E-state index contributed by atoms with van der Waals surface area (Å²) in [5.74, 6) is 0. The zero-order valence-electron chi connectivity index (χ0n) is 50.3. The molecule has 3 aliphatic heterocycles. The zero-order chi connectivity index (χ0) is 63.6. The molecule has 0 atom stereocenters. The smallest absolute Gasteiger partial charge is 0.444 e. The fourth-order valence-corrected chi connectivity index (χ4v) is 12.1. The Labute approximate surface area is 531 Å². The van der Waals surface area contributed by atoms with E-state index in [9.17, 15) is 26.4 Å². The topological polar surface area (TPSA) is 230 Å². The van der Waals surface area contributed by atoms with E-state index in [2.05, 4.69) is 45.5 Å². The Morgan fingerprint density at radius 1 is 0.591 bits per heavy atom. The molecule has 0 bridgehead atoms. The number of halogens is 3. The highest BCUT2D eigenvalue weighted by atomic mass is 79.9. The van der Waals surface area contributed by atoms with Crippen LogP contribution in [0.1, 0.15) is 87.6 Å². The van der Waals surface area contributed by atoms with E-state index in [1.807, 2.05) is 130 Å². The van der Waals surface area contributed by atoms with Crippen molar-refractivity contribution < 1.29 is 45.2 Å². The van der Waals surface area contributed by atoms with Gasteiger partial charge in [-0.2, -0.15) is 10.2 Å². The number of hydrogen-bond acceptors (Lipinski definition) is 14. The first kappa shape index (κ1) is 65.1. The Morgan fingerprint density at radius 3 is 1.42 bits per heavy atom. The van der Waals surface area contributed by atoms with E-state index >= 15 is 0 Å². The van der Waals surface area contributed by atoms with Gasteiger partial charge in [0.1, 0.15) is 23.9 Å². The molecule has 26 heteroatoms. The van der Waals surface area contributed by atoms with E-state index < -0.39 is 31.2 Å². The molecule has 7 heterocycles. The van der Waals surface area contributed by atoms with Crippen LogP contribution in [0.4, 0.5) is 21.0 Å². The van der Waals surface area contributed by atoms with Crippen LogP contribution in [0.3, 0.4) is 0 Å². The highest BCUT2D eigenvalue weighted by molar-refractivity contribution is 9.10. The van der Waals surface area contributed by atoms with Crippen molar-refractivity contribution in [3.63, 3.8) is 0 Å². The van der Waals surface area contributed by atoms with E-state index in [0.717, 1.165) is 61.1 Å². The van der Waals surface area contributed by atoms with Crippen molar-refractivity contribution in [2.75, 3.05) is 35.6 Å². The van der Waals surface area contributed by atoms with Crippen molar-refractivity contribution in [2.45, 2.75) is 114 Å². The first-order valence-electron chi connectivity index (χ1n) is 28.1. The minimum atomic E-state index is -3.75. The van der Waals surface area contributed by atoms with Gasteiger partial charge in [-0.25, -0.2) is 45.4 Å². The summed E-state index contributed by atoms with van der Waals surface area (Å²) < 4.78 is 82.9. The molecule has 0 unspecified atom stereocenters. The third kappa shape index (κ3) is 16.1. The molecule has 4 aromatic heterocycles. The SMILES string of the molecule is CC(C)(C)OC(=O)N1CC=C(B2OC(C)(C)C(C)(C)O2)CC1.CC(C)(C)OC(=O)N1CC=C(c2cc3c(-c4ccc(NS(=O)(=O)c5ccc(Cl)cc5)cc4)ncnn3c2)CC1.O=S(=O)(Nc1ccc(-c2ncnn3cc(Br)cc23)cc1)c1ccc(Cl)cc1. The van der Waals surface area contributed by atoms with Crippen LogP contribution < -0.4 is 9.44 Å². The minimum absolute atomic E-state index is 0.125. The van der Waals surface area contributed by atoms with Gasteiger partial charge in [-0.1, -0.05) is 59.6 Å². The van der Waals surface area contributed by atoms with Gasteiger partial charge in [0.25, 0.3) is 20.0 Å². The van der Waals surface area contributed by atoms with Gasteiger partial charge < -0.3 is 28.6 Å². The number of hydrogen-bond donors (Lipinski definition) is 2. The van der Waals surface area contributed by atoms with Crippen molar-refractivity contribution in [1.29, 1.82) is 0 Å². The van der Waals surface area contributed by atoms with Gasteiger partial charge in [-0.05, 0) is 200 Å². The van der Waals surface area contributed by atoms with Crippen molar-refractivity contribution in [3.05, 3.63) is 172 Å². The largest absolute Gasteiger partial charge is 0.490 e. The molecule has 3 aliphatic rings. The molecule has 0 aliphatic carbocycles. The van der Waals surface area contributed by atoms with Crippen molar-refractivity contribution >= 4 is 106 Å². The molecule has 1 fully saturated rings. The second-order valence-corrected chi connectivity index (χ2v) is 29.1. The molecule has 2 N–H and O–H groups in total. The number of fused-ring (bicyclic) bond motifs is 2. The van der Waals surface area contributed by atoms with Gasteiger partial charge in [-0.15, -0.1) is 0 Å². The van der Waals surface area contributed by atoms with Crippen LogP contribution in [-0.4, -0.2) is 124 Å². The lowest BCUT2D eigenvalue weighted by Crippen LogP contribution is -2.41. The molecule has 4 aromatic carbocycles. The molecule has 0 saturated carbocycles. The number of anilines is 2. The maximum absolute atomic E-state index is 12.7. The van der Waals surface area contributed by atoms with Crippen LogP contribution in [0, 0.1) is 0 Å². The number of amides is 2. The fraction of sp³-hybridized carbons (Fsp3) is 0.323. The minimum Gasteiger partial charge on any atom is -0.444 e. The average molecular weight is 1340 g/mol. The molecule has 8 aromatic rings. The summed E-state index contributed by atoms with van der Waals surface area (Å²) >= 11 is 15.1. The number of rotatable bonds is 10. The number of sulfonamides is 2. The zero-order valence-corrected chi connectivity index (χ0v) is 55.0. The lowest BCUT2D eigenvalue weighted by molar-refractivity contribution is 0.00578. The quantitative estimate of drug-likeness (QED) is 0.121. The molecule has 462 valence electrons. The number of carbonyl (C=O) groups is 2. The summed E-state index contributed by atoms with van der Waals surface area (Å²) in [6.07, 6.45) is 11.7. The monoisotopic (exact) mass is 1340 g/mol. The Bertz CT molecular complexity index is 4140. The summed E-state index contributed by atoms with van der Waals surface area (Å²) in [4.78, 5) is 37.0. The number of carbonyl (C=O) groups excluding carboxylic acids is 2. The molecule has 2 amide bonds. The third-order valence-corrected chi connectivity index (χ3v) is 18.3. The van der Waals surface area contributed by atoms with Gasteiger partial charge in [0.2, 0.25) is 0 Å². The van der Waals surface area contributed by atoms with Crippen LogP contribution in [0.5, 0.6) is 0 Å². The maximum Gasteiger partial charge on any atom is 0.490 e. The van der Waals surface area contributed by atoms with E-state index in [-0.39, 0.29) is 40.3 Å². The van der Waals surface area contributed by atoms with Crippen LogP contribution >= 0.6 is 39.1 Å². The summed E-state index contributed by atoms with van der Waals surface area (Å²) in [5.41, 5.74) is 7.26. The Hall–Kier alpha value is -7.32. The highest BCUT2D eigenvalue weighted by Crippen LogP contribution is 2.40. The van der Waals surface area contributed by atoms with Crippen LogP contribution in [0.15, 0.2) is 166 Å². The lowest BCUT2D eigenvalue weighted by atomic mass is 9.75. The Balaban J connectivity index is 0.000000165. The van der Waals surface area contributed by atoms with E-state index in [1.54, 1.807) is 43.1 Å². The summed E-state index contributed by atoms with van der Waals surface area (Å²) in [6, 6.07) is 29.9. The summed E-state index contributed by atoms with van der Waals surface area (Å²) in [5, 5.41) is 9.48. The first-order chi connectivity index (χ1) is 41.3. The standard InChI is InChI=1S/C28H28ClN5O4S.C18H12BrClN4O2S.C16H28BNO4/c1-28(2,3)38-27(35)33-14-12-19(13-15-33)21-16-25-26(30-18-31-34(25)17-21)20-4-8-23(9-5-20)32-39(36,37)24-10-6-22(29)7-11-24;19-13-9-17-18(21-11-22-24(17)10-13)12-1-5-15(6-2-12)23-27(25,26)16-7-3-14(20)4-8-16;1-14(2,3)20-13(19)18-10-8-12(9-11-18)17-21-15(4,5)16(6,7)22-17/h4-12,16-18,32H,13-15H2,1-3H3;1-11,23H;8H,9-11H2,1-7H3. The van der Waals surface area contributed by atoms with Crippen LogP contribution in [0.2, 0.25) is 10.0 Å². The first-order valence-corrected chi connectivity index (χ1v) is 32.6. The number of nitrogens with zero attached hydrogens (tertiary/aromatic N) is 8. The van der Waals surface area contributed by atoms with Crippen molar-refractivity contribution in [1.82, 2.24) is 39.0 Å². The molecule has 20 nitrogen and oxygen atoms in total. The van der Waals surface area contributed by atoms with E-state index in [4.69, 9.17) is 42.0 Å². The molecule has 0 radical (unpaired) electrons. The average Bonchev–Trinajstić information content (AvgIpc) is 1.96. The van der Waals surface area contributed by atoms with Gasteiger partial charge in [0.15, 0.2) is 0 Å². The lowest BCUT2D eigenvalue weighted by Gasteiger charge is -2.32. The van der Waals surface area contributed by atoms with E-state index in [0.29, 0.717) is 54.0 Å². The number of benzene rings is 4. The number of aromatic nitrogens is 6. The second-order valence-electron chi connectivity index (χ2n) is 24.0. The predicted molar refractivity (Wildman–Crippen MR) is 346 cm³/mol. The van der Waals surface area contributed by atoms with Gasteiger partial charge in [-0.3, -0.25) is 9.44 Å². The maximum atomic E-state index is 12.7. The van der Waals surface area contributed by atoms with Crippen molar-refractivity contribution in [3.8, 4) is 22.5 Å². The van der Waals surface area contributed by atoms with Gasteiger partial charge in [0.05, 0.1) is 43.4 Å². The fourth-order valence-electron chi connectivity index (χ4n) is 9.31. The van der Waals surface area contributed by atoms with Crippen LogP contribution in [-0.2, 0) is 38.8 Å². The number of ether oxygens (including phenoxy) is 2. The summed E-state index contributed by atoms with van der Waals surface area (Å²) in [7, 11) is -7.74. The number of nitrogens with one attached hydrogen (secondary N) is 2. The van der Waals surface area contributed by atoms with E-state index in [1.165, 1.54) is 61.2 Å². The second kappa shape index (κ2) is 26.0. The Morgan fingerprint density at radius 2 is 1.01 bits per heavy atom. The Kier molecular flexibility index (Phi) is 19.3.